The predicted molar refractivity (Wildman–Crippen MR) is 80.2 cm³/mol. The number of imidazole rings is 1. The summed E-state index contributed by atoms with van der Waals surface area (Å²) >= 11 is 0. The molecule has 0 N–H and O–H groups in total. The van der Waals surface area contributed by atoms with Crippen molar-refractivity contribution in [3.63, 3.8) is 0 Å². The molecular weight excluding hydrogens is 264 g/mol. The standard InChI is InChI=1S/C16H20N4O/c1-11-5-4-6-14(17-11)16(21)20-8-7-13(10-20)15-18-12(2)9-19(15)3/h4-6,9,13H,7-8,10H2,1-3H3/t13-/m1/s1. The Morgan fingerprint density at radius 1 is 1.24 bits per heavy atom. The normalized spacial score (nSPS) is 18.2. The number of aromatic nitrogens is 3. The molecule has 2 aromatic rings. The van der Waals surface area contributed by atoms with Gasteiger partial charge in [0.15, 0.2) is 0 Å². The SMILES string of the molecule is Cc1cccc(C(=O)N2CC[C@@H](c3nc(C)cn3C)C2)n1. The molecule has 5 nitrogen and oxygen atoms in total. The molecule has 1 aliphatic rings. The number of likely N-dealkylation sites (tertiary alicyclic amines) is 1. The van der Waals surface area contributed by atoms with Gasteiger partial charge in [-0.05, 0) is 32.4 Å². The fourth-order valence-electron chi connectivity index (χ4n) is 2.99. The minimum Gasteiger partial charge on any atom is -0.337 e. The van der Waals surface area contributed by atoms with E-state index in [1.54, 1.807) is 6.07 Å². The highest BCUT2D eigenvalue weighted by molar-refractivity contribution is 5.92. The van der Waals surface area contributed by atoms with Crippen molar-refractivity contribution in [3.8, 4) is 0 Å². The van der Waals surface area contributed by atoms with Gasteiger partial charge in [-0.15, -0.1) is 0 Å². The summed E-state index contributed by atoms with van der Waals surface area (Å²) in [5.74, 6) is 1.41. The average molecular weight is 284 g/mol. The van der Waals surface area contributed by atoms with Gasteiger partial charge in [-0.3, -0.25) is 4.79 Å². The van der Waals surface area contributed by atoms with Crippen molar-refractivity contribution < 1.29 is 4.79 Å². The van der Waals surface area contributed by atoms with E-state index in [1.807, 2.05) is 44.1 Å². The number of carbonyl (C=O) groups excluding carboxylic acids is 1. The second kappa shape index (κ2) is 5.31. The highest BCUT2D eigenvalue weighted by atomic mass is 16.2. The zero-order valence-corrected chi connectivity index (χ0v) is 12.7. The van der Waals surface area contributed by atoms with Crippen LogP contribution in [0, 0.1) is 13.8 Å². The third-order valence-electron chi connectivity index (χ3n) is 3.98. The molecule has 3 heterocycles. The minimum atomic E-state index is 0.0205. The maximum atomic E-state index is 12.5. The van der Waals surface area contributed by atoms with Crippen molar-refractivity contribution in [3.05, 3.63) is 47.3 Å². The Hall–Kier alpha value is -2.17. The van der Waals surface area contributed by atoms with Crippen LogP contribution in [-0.2, 0) is 7.05 Å². The van der Waals surface area contributed by atoms with E-state index in [2.05, 4.69) is 14.5 Å². The zero-order valence-electron chi connectivity index (χ0n) is 12.7. The number of pyridine rings is 1. The summed E-state index contributed by atoms with van der Waals surface area (Å²) in [7, 11) is 2.02. The van der Waals surface area contributed by atoms with E-state index >= 15 is 0 Å². The quantitative estimate of drug-likeness (QED) is 0.848. The molecule has 1 saturated heterocycles. The fourth-order valence-corrected chi connectivity index (χ4v) is 2.99. The molecule has 1 amide bonds. The van der Waals surface area contributed by atoms with E-state index in [9.17, 15) is 4.79 Å². The topological polar surface area (TPSA) is 51.0 Å². The molecule has 1 fully saturated rings. The van der Waals surface area contributed by atoms with Crippen LogP contribution in [0.15, 0.2) is 24.4 Å². The lowest BCUT2D eigenvalue weighted by atomic mass is 10.1. The summed E-state index contributed by atoms with van der Waals surface area (Å²) in [5.41, 5.74) is 2.43. The van der Waals surface area contributed by atoms with Crippen molar-refractivity contribution >= 4 is 5.91 Å². The molecule has 2 aromatic heterocycles. The Kier molecular flexibility index (Phi) is 3.49. The predicted octanol–water partition coefficient (Wildman–Crippen LogP) is 2.06. The van der Waals surface area contributed by atoms with Gasteiger partial charge in [0, 0.05) is 37.9 Å². The van der Waals surface area contributed by atoms with Gasteiger partial charge in [-0.25, -0.2) is 9.97 Å². The van der Waals surface area contributed by atoms with Gasteiger partial charge in [0.25, 0.3) is 5.91 Å². The first-order valence-corrected chi connectivity index (χ1v) is 7.27. The summed E-state index contributed by atoms with van der Waals surface area (Å²) in [4.78, 5) is 23.3. The molecule has 0 radical (unpaired) electrons. The van der Waals surface area contributed by atoms with E-state index in [-0.39, 0.29) is 5.91 Å². The van der Waals surface area contributed by atoms with Crippen LogP contribution in [-0.4, -0.2) is 38.4 Å². The van der Waals surface area contributed by atoms with E-state index in [0.29, 0.717) is 11.6 Å². The second-order valence-electron chi connectivity index (χ2n) is 5.75. The van der Waals surface area contributed by atoms with Gasteiger partial charge >= 0.3 is 0 Å². The maximum absolute atomic E-state index is 12.5. The summed E-state index contributed by atoms with van der Waals surface area (Å²) < 4.78 is 2.07. The largest absolute Gasteiger partial charge is 0.337 e. The Labute approximate surface area is 124 Å². The van der Waals surface area contributed by atoms with E-state index in [4.69, 9.17) is 0 Å². The van der Waals surface area contributed by atoms with Crippen molar-refractivity contribution in [1.29, 1.82) is 0 Å². The Bertz CT molecular complexity index is 677. The molecule has 3 rings (SSSR count). The zero-order chi connectivity index (χ0) is 15.0. The lowest BCUT2D eigenvalue weighted by molar-refractivity contribution is 0.0784. The van der Waals surface area contributed by atoms with Gasteiger partial charge in [0.05, 0.1) is 5.69 Å². The molecule has 0 bridgehead atoms. The van der Waals surface area contributed by atoms with Crippen LogP contribution >= 0.6 is 0 Å². The molecule has 0 aromatic carbocycles. The minimum absolute atomic E-state index is 0.0205. The molecular formula is C16H20N4O. The molecule has 0 unspecified atom stereocenters. The molecule has 5 heteroatoms. The smallest absolute Gasteiger partial charge is 0.272 e. The lowest BCUT2D eigenvalue weighted by Crippen LogP contribution is -2.29. The van der Waals surface area contributed by atoms with Crippen LogP contribution in [0.1, 0.15) is 40.0 Å². The van der Waals surface area contributed by atoms with Gasteiger partial charge in [-0.2, -0.15) is 0 Å². The third kappa shape index (κ3) is 2.68. The average Bonchev–Trinajstić information content (AvgIpc) is 3.04. The molecule has 21 heavy (non-hydrogen) atoms. The van der Waals surface area contributed by atoms with Crippen LogP contribution in [0.4, 0.5) is 0 Å². The second-order valence-corrected chi connectivity index (χ2v) is 5.75. The fraction of sp³-hybridized carbons (Fsp3) is 0.438. The van der Waals surface area contributed by atoms with Gasteiger partial charge < -0.3 is 9.47 Å². The Morgan fingerprint density at radius 3 is 2.71 bits per heavy atom. The van der Waals surface area contributed by atoms with Crippen LogP contribution in [0.2, 0.25) is 0 Å². The molecule has 110 valence electrons. The number of rotatable bonds is 2. The van der Waals surface area contributed by atoms with Crippen LogP contribution in [0.25, 0.3) is 0 Å². The van der Waals surface area contributed by atoms with Crippen molar-refractivity contribution in [2.45, 2.75) is 26.2 Å². The van der Waals surface area contributed by atoms with E-state index in [1.165, 1.54) is 0 Å². The Morgan fingerprint density at radius 2 is 2.05 bits per heavy atom. The summed E-state index contributed by atoms with van der Waals surface area (Å²) in [6, 6.07) is 5.57. The summed E-state index contributed by atoms with van der Waals surface area (Å²) in [6.45, 7) is 5.39. The van der Waals surface area contributed by atoms with Gasteiger partial charge in [0.1, 0.15) is 11.5 Å². The number of amides is 1. The number of nitrogens with zero attached hydrogens (tertiary/aromatic N) is 4. The summed E-state index contributed by atoms with van der Waals surface area (Å²) in [5, 5.41) is 0. The van der Waals surface area contributed by atoms with Gasteiger partial charge in [-0.1, -0.05) is 6.07 Å². The first-order valence-electron chi connectivity index (χ1n) is 7.27. The van der Waals surface area contributed by atoms with E-state index in [0.717, 1.165) is 36.7 Å². The number of carbonyl (C=O) groups is 1. The van der Waals surface area contributed by atoms with Crippen LogP contribution in [0.5, 0.6) is 0 Å². The number of hydrogen-bond donors (Lipinski definition) is 0. The van der Waals surface area contributed by atoms with Crippen molar-refractivity contribution in [2.24, 2.45) is 7.05 Å². The van der Waals surface area contributed by atoms with Crippen molar-refractivity contribution in [1.82, 2.24) is 19.4 Å². The highest BCUT2D eigenvalue weighted by Crippen LogP contribution is 2.27. The van der Waals surface area contributed by atoms with Crippen molar-refractivity contribution in [2.75, 3.05) is 13.1 Å². The number of aryl methyl sites for hydroxylation is 3. The van der Waals surface area contributed by atoms with Crippen LogP contribution < -0.4 is 0 Å². The Balaban J connectivity index is 1.75. The molecule has 0 spiro atoms. The lowest BCUT2D eigenvalue weighted by Gasteiger charge is -2.16. The third-order valence-corrected chi connectivity index (χ3v) is 3.98. The monoisotopic (exact) mass is 284 g/mol. The molecule has 1 atom stereocenters. The molecule has 0 aliphatic carbocycles. The van der Waals surface area contributed by atoms with Crippen LogP contribution in [0.3, 0.4) is 0 Å². The van der Waals surface area contributed by atoms with Gasteiger partial charge in [0.2, 0.25) is 0 Å². The molecule has 1 aliphatic heterocycles. The first kappa shape index (κ1) is 13.8. The number of hydrogen-bond acceptors (Lipinski definition) is 3. The summed E-state index contributed by atoms with van der Waals surface area (Å²) in [6.07, 6.45) is 2.99. The highest BCUT2D eigenvalue weighted by Gasteiger charge is 2.30. The van der Waals surface area contributed by atoms with E-state index < -0.39 is 0 Å². The maximum Gasteiger partial charge on any atom is 0.272 e. The molecule has 0 saturated carbocycles. The first-order chi connectivity index (χ1) is 10.0.